The van der Waals surface area contributed by atoms with E-state index in [1.165, 1.54) is 0 Å². The number of para-hydroxylation sites is 4. The van der Waals surface area contributed by atoms with Gasteiger partial charge in [-0.2, -0.15) is 0 Å². The first-order valence-electron chi connectivity index (χ1n) is 15.0. The van der Waals surface area contributed by atoms with Crippen LogP contribution in [-0.4, -0.2) is 64.5 Å². The first-order valence-corrected chi connectivity index (χ1v) is 17.9. The minimum absolute atomic E-state index is 0.0891. The Labute approximate surface area is 268 Å². The zero-order chi connectivity index (χ0) is 31.6. The summed E-state index contributed by atoms with van der Waals surface area (Å²) in [7, 11) is 4.74. The SMILES string of the molecule is COc1ccccc1P(C[C@H]1O[C@@H]2OC(C)(C)O[C@@H]2[C@H]1P(c1ccccc1OC)c1ccccc1OC)c1ccccc1OC. The molecule has 236 valence electrons. The molecule has 0 aliphatic carbocycles. The van der Waals surface area contributed by atoms with Crippen molar-refractivity contribution in [2.45, 2.75) is 43.8 Å². The summed E-state index contributed by atoms with van der Waals surface area (Å²) in [6, 6.07) is 33.0. The lowest BCUT2D eigenvalue weighted by molar-refractivity contribution is -0.201. The van der Waals surface area contributed by atoms with Gasteiger partial charge in [-0.05, 0) is 54.0 Å². The third-order valence-corrected chi connectivity index (χ3v) is 13.8. The van der Waals surface area contributed by atoms with Crippen LogP contribution in [0.5, 0.6) is 23.0 Å². The number of ether oxygens (including phenoxy) is 7. The topological polar surface area (TPSA) is 64.6 Å². The number of rotatable bonds is 11. The van der Waals surface area contributed by atoms with Gasteiger partial charge in [-0.3, -0.25) is 0 Å². The van der Waals surface area contributed by atoms with Gasteiger partial charge in [-0.15, -0.1) is 0 Å². The van der Waals surface area contributed by atoms with Gasteiger partial charge in [0.25, 0.3) is 0 Å². The van der Waals surface area contributed by atoms with E-state index in [9.17, 15) is 0 Å². The molecule has 4 aromatic carbocycles. The molecule has 6 rings (SSSR count). The fourth-order valence-corrected chi connectivity index (χ4v) is 12.4. The van der Waals surface area contributed by atoms with Gasteiger partial charge in [-0.1, -0.05) is 72.8 Å². The van der Waals surface area contributed by atoms with Crippen molar-refractivity contribution >= 4 is 37.1 Å². The van der Waals surface area contributed by atoms with E-state index in [1.54, 1.807) is 28.4 Å². The maximum absolute atomic E-state index is 6.95. The third kappa shape index (κ3) is 6.30. The molecular formula is C36H40O7P2. The van der Waals surface area contributed by atoms with Crippen molar-refractivity contribution in [1.29, 1.82) is 0 Å². The molecule has 2 aliphatic rings. The maximum Gasteiger partial charge on any atom is 0.188 e. The average Bonchev–Trinajstić information content (AvgIpc) is 3.55. The lowest BCUT2D eigenvalue weighted by atomic mass is 10.2. The van der Waals surface area contributed by atoms with Crippen molar-refractivity contribution < 1.29 is 33.2 Å². The summed E-state index contributed by atoms with van der Waals surface area (Å²) in [6.07, 6.45) is -0.364. The largest absolute Gasteiger partial charge is 0.496 e. The molecule has 2 fully saturated rings. The first kappa shape index (κ1) is 31.8. The molecule has 0 bridgehead atoms. The van der Waals surface area contributed by atoms with Crippen LogP contribution in [0.1, 0.15) is 13.8 Å². The van der Waals surface area contributed by atoms with E-state index >= 15 is 0 Å². The fraction of sp³-hybridized carbons (Fsp3) is 0.333. The number of hydrogen-bond donors (Lipinski definition) is 0. The van der Waals surface area contributed by atoms with Crippen molar-refractivity contribution in [3.8, 4) is 23.0 Å². The zero-order valence-corrected chi connectivity index (χ0v) is 28.3. The number of hydrogen-bond acceptors (Lipinski definition) is 7. The Morgan fingerprint density at radius 2 is 0.978 bits per heavy atom. The summed E-state index contributed by atoms with van der Waals surface area (Å²) in [4.78, 5) is 0. The normalized spacial score (nSPS) is 22.0. The van der Waals surface area contributed by atoms with Crippen molar-refractivity contribution in [2.75, 3.05) is 34.6 Å². The van der Waals surface area contributed by atoms with Crippen LogP contribution in [0.25, 0.3) is 0 Å². The molecule has 0 saturated carbocycles. The van der Waals surface area contributed by atoms with Gasteiger partial charge < -0.3 is 33.2 Å². The highest BCUT2D eigenvalue weighted by molar-refractivity contribution is 7.75. The van der Waals surface area contributed by atoms with Gasteiger partial charge in [0.2, 0.25) is 0 Å². The predicted octanol–water partition coefficient (Wildman–Crippen LogP) is 5.53. The molecule has 0 unspecified atom stereocenters. The molecule has 0 aromatic heterocycles. The Morgan fingerprint density at radius 1 is 0.578 bits per heavy atom. The predicted molar refractivity (Wildman–Crippen MR) is 182 cm³/mol. The molecule has 9 heteroatoms. The van der Waals surface area contributed by atoms with Crippen molar-refractivity contribution in [3.05, 3.63) is 97.1 Å². The summed E-state index contributed by atoms with van der Waals surface area (Å²) < 4.78 is 43.9. The molecule has 2 aliphatic heterocycles. The van der Waals surface area contributed by atoms with E-state index in [2.05, 4.69) is 48.5 Å². The molecular weight excluding hydrogens is 606 g/mol. The van der Waals surface area contributed by atoms with Gasteiger partial charge in [-0.25, -0.2) is 0 Å². The van der Waals surface area contributed by atoms with Crippen LogP contribution in [0.2, 0.25) is 0 Å². The molecule has 2 heterocycles. The molecule has 4 aromatic rings. The Morgan fingerprint density at radius 3 is 1.42 bits per heavy atom. The smallest absolute Gasteiger partial charge is 0.188 e. The molecule has 7 nitrogen and oxygen atoms in total. The van der Waals surface area contributed by atoms with Crippen LogP contribution in [0.15, 0.2) is 97.1 Å². The van der Waals surface area contributed by atoms with Crippen LogP contribution in [0, 0.1) is 0 Å². The zero-order valence-electron chi connectivity index (χ0n) is 26.5. The Bertz CT molecular complexity index is 1520. The highest BCUT2D eigenvalue weighted by Crippen LogP contribution is 2.57. The molecule has 0 radical (unpaired) electrons. The van der Waals surface area contributed by atoms with E-state index in [0.29, 0.717) is 6.16 Å². The fourth-order valence-electron chi connectivity index (χ4n) is 6.34. The van der Waals surface area contributed by atoms with Crippen molar-refractivity contribution in [1.82, 2.24) is 0 Å². The third-order valence-electron chi connectivity index (χ3n) is 8.22. The Hall–Kier alpha value is -3.18. The Balaban J connectivity index is 1.53. The van der Waals surface area contributed by atoms with E-state index in [1.807, 2.05) is 62.4 Å². The quantitative estimate of drug-likeness (QED) is 0.199. The van der Waals surface area contributed by atoms with E-state index in [0.717, 1.165) is 44.2 Å². The Kier molecular flexibility index (Phi) is 9.65. The second kappa shape index (κ2) is 13.7. The molecule has 0 spiro atoms. The highest BCUT2D eigenvalue weighted by atomic mass is 31.1. The van der Waals surface area contributed by atoms with Gasteiger partial charge >= 0.3 is 0 Å². The van der Waals surface area contributed by atoms with Crippen LogP contribution in [0.4, 0.5) is 0 Å². The van der Waals surface area contributed by atoms with Crippen molar-refractivity contribution in [2.24, 2.45) is 0 Å². The van der Waals surface area contributed by atoms with Gasteiger partial charge in [0.05, 0.1) is 34.5 Å². The summed E-state index contributed by atoms with van der Waals surface area (Å²) in [5.74, 6) is 2.55. The average molecular weight is 647 g/mol. The maximum atomic E-state index is 6.95. The molecule has 2 saturated heterocycles. The van der Waals surface area contributed by atoms with Crippen molar-refractivity contribution in [3.63, 3.8) is 0 Å². The van der Waals surface area contributed by atoms with E-state index in [4.69, 9.17) is 33.2 Å². The van der Waals surface area contributed by atoms with Gasteiger partial charge in [0.15, 0.2) is 12.1 Å². The number of benzene rings is 4. The highest BCUT2D eigenvalue weighted by Gasteiger charge is 2.58. The number of methoxy groups -OCH3 is 4. The van der Waals surface area contributed by atoms with Crippen LogP contribution in [0.3, 0.4) is 0 Å². The lowest BCUT2D eigenvalue weighted by Gasteiger charge is -2.35. The minimum Gasteiger partial charge on any atom is -0.496 e. The second-order valence-electron chi connectivity index (χ2n) is 11.3. The van der Waals surface area contributed by atoms with Gasteiger partial charge in [0.1, 0.15) is 29.1 Å². The molecule has 0 amide bonds. The molecule has 0 N–H and O–H groups in total. The second-order valence-corrected chi connectivity index (χ2v) is 15.8. The van der Waals surface area contributed by atoms with E-state index in [-0.39, 0.29) is 17.9 Å². The monoisotopic (exact) mass is 646 g/mol. The van der Waals surface area contributed by atoms with Gasteiger partial charge in [0, 0.05) is 33.0 Å². The van der Waals surface area contributed by atoms with Crippen LogP contribution >= 0.6 is 15.8 Å². The summed E-state index contributed by atoms with van der Waals surface area (Å²) >= 11 is 0. The summed E-state index contributed by atoms with van der Waals surface area (Å²) in [6.45, 7) is 3.90. The van der Waals surface area contributed by atoms with E-state index < -0.39 is 27.9 Å². The summed E-state index contributed by atoms with van der Waals surface area (Å²) in [5, 5.41) is 4.46. The summed E-state index contributed by atoms with van der Waals surface area (Å²) in [5.41, 5.74) is -0.0891. The molecule has 45 heavy (non-hydrogen) atoms. The van der Waals surface area contributed by atoms with Crippen LogP contribution in [-0.2, 0) is 14.2 Å². The number of fused-ring (bicyclic) bond motifs is 1. The lowest BCUT2D eigenvalue weighted by Crippen LogP contribution is -2.40. The standard InChI is InChI=1S/C36H40O7P2/c1-36(2)42-33-34(45(31-21-13-9-17-26(31)39-5)32-22-14-10-18-27(32)40-6)28(41-35(33)43-36)23-44(29-19-11-7-15-24(29)37-3)30-20-12-8-16-25(30)38-4/h7-22,28,33-35H,23H2,1-6H3/t28-,33-,34+,35-/m1/s1. The van der Waals surface area contributed by atoms with Crippen LogP contribution < -0.4 is 40.2 Å². The minimum atomic E-state index is -1.14. The molecule has 4 atom stereocenters. The first-order chi connectivity index (χ1) is 21.9.